The van der Waals surface area contributed by atoms with Gasteiger partial charge in [-0.25, -0.2) is 4.79 Å². The first-order chi connectivity index (χ1) is 3.27. The van der Waals surface area contributed by atoms with Crippen LogP contribution in [0.4, 0.5) is 0 Å². The molecule has 3 heteroatoms. The van der Waals surface area contributed by atoms with E-state index >= 15 is 0 Å². The van der Waals surface area contributed by atoms with Crippen LogP contribution in [0.5, 0.6) is 0 Å². The van der Waals surface area contributed by atoms with Gasteiger partial charge >= 0.3 is 5.97 Å². The molecule has 0 saturated carbocycles. The molecular weight excluding hydrogens is 96.0 g/mol. The van der Waals surface area contributed by atoms with Gasteiger partial charge in [0.15, 0.2) is 0 Å². The summed E-state index contributed by atoms with van der Waals surface area (Å²) >= 11 is 0. The van der Waals surface area contributed by atoms with Gasteiger partial charge in [-0.1, -0.05) is 0 Å². The van der Waals surface area contributed by atoms with E-state index in [-0.39, 0.29) is 0 Å². The minimum absolute atomic E-state index is 0.778. The summed E-state index contributed by atoms with van der Waals surface area (Å²) in [6, 6.07) is 0. The minimum atomic E-state index is -1.19. The number of carboxylic acid groups (broad SMARTS) is 1. The number of aliphatic hydroxyl groups is 1. The molecule has 0 amide bonds. The van der Waals surface area contributed by atoms with Gasteiger partial charge in [0.1, 0.15) is 6.61 Å². The summed E-state index contributed by atoms with van der Waals surface area (Å²) in [7, 11) is 0. The van der Waals surface area contributed by atoms with Crippen LogP contribution in [0.25, 0.3) is 0 Å². The van der Waals surface area contributed by atoms with Gasteiger partial charge in [-0.2, -0.15) is 0 Å². The van der Waals surface area contributed by atoms with E-state index in [1.165, 1.54) is 0 Å². The molecule has 0 unspecified atom stereocenters. The number of hydrogen-bond acceptors (Lipinski definition) is 2. The molecule has 0 aliphatic heterocycles. The summed E-state index contributed by atoms with van der Waals surface area (Å²) < 4.78 is 0. The zero-order chi connectivity index (χ0) is 6.28. The molecule has 0 bridgehead atoms. The molecule has 0 aliphatic carbocycles. The zero-order valence-electron chi connectivity index (χ0n) is 3.92. The van der Waals surface area contributed by atoms with Gasteiger partial charge in [-0.3, -0.25) is 0 Å². The Bertz CT molecular complexity index is 50.9. The van der Waals surface area contributed by atoms with Gasteiger partial charge < -0.3 is 10.2 Å². The Hall–Kier alpha value is -0.830. The van der Waals surface area contributed by atoms with Crippen molar-refractivity contribution < 1.29 is 15.0 Å². The van der Waals surface area contributed by atoms with E-state index < -0.39 is 12.6 Å². The van der Waals surface area contributed by atoms with Gasteiger partial charge in [0, 0.05) is 0 Å². The molecule has 0 aromatic rings. The Morgan fingerprint density at radius 2 is 1.71 bits per heavy atom. The van der Waals surface area contributed by atoms with Gasteiger partial charge in [0.05, 0.1) is 0 Å². The van der Waals surface area contributed by atoms with Gasteiger partial charge in [0.25, 0.3) is 0 Å². The summed E-state index contributed by atoms with van der Waals surface area (Å²) in [4.78, 5) is 9.12. The Balaban J connectivity index is 0. The molecule has 0 rings (SSSR count). The fraction of sp³-hybridized carbons (Fsp3) is 0.250. The van der Waals surface area contributed by atoms with E-state index in [1.807, 2.05) is 0 Å². The topological polar surface area (TPSA) is 57.5 Å². The maximum atomic E-state index is 9.12. The maximum absolute atomic E-state index is 9.12. The molecule has 2 N–H and O–H groups in total. The fourth-order valence-corrected chi connectivity index (χ4v) is 0. The van der Waals surface area contributed by atoms with Crippen molar-refractivity contribution in [2.45, 2.75) is 0 Å². The van der Waals surface area contributed by atoms with Gasteiger partial charge in [0.2, 0.25) is 0 Å². The first-order valence-electron chi connectivity index (χ1n) is 1.60. The van der Waals surface area contributed by atoms with Crippen LogP contribution < -0.4 is 0 Å². The number of aliphatic hydroxyl groups excluding tert-OH is 1. The van der Waals surface area contributed by atoms with Crippen LogP contribution in [0.3, 0.4) is 0 Å². The van der Waals surface area contributed by atoms with Crippen molar-refractivity contribution in [3.05, 3.63) is 13.2 Å². The van der Waals surface area contributed by atoms with E-state index in [1.54, 1.807) is 0 Å². The molecule has 0 aliphatic rings. The zero-order valence-corrected chi connectivity index (χ0v) is 3.92. The Morgan fingerprint density at radius 1 is 1.57 bits per heavy atom. The highest BCUT2D eigenvalue weighted by Gasteiger charge is 1.82. The van der Waals surface area contributed by atoms with E-state index in [4.69, 9.17) is 15.0 Å². The van der Waals surface area contributed by atoms with Crippen LogP contribution in [0.2, 0.25) is 0 Å². The van der Waals surface area contributed by atoms with Crippen LogP contribution in [0.15, 0.2) is 13.2 Å². The van der Waals surface area contributed by atoms with Crippen molar-refractivity contribution in [3.63, 3.8) is 0 Å². The minimum Gasteiger partial charge on any atom is -0.480 e. The van der Waals surface area contributed by atoms with Crippen molar-refractivity contribution >= 4 is 5.97 Å². The fourth-order valence-electron chi connectivity index (χ4n) is 0. The summed E-state index contributed by atoms with van der Waals surface area (Å²) in [5.41, 5.74) is 0. The highest BCUT2D eigenvalue weighted by molar-refractivity contribution is 5.67. The third-order valence-corrected chi connectivity index (χ3v) is 0.135. The first-order valence-corrected chi connectivity index (χ1v) is 1.60. The summed E-state index contributed by atoms with van der Waals surface area (Å²) in [5.74, 6) is -1.19. The summed E-state index contributed by atoms with van der Waals surface area (Å²) in [6.07, 6.45) is 0. The Kier molecular flexibility index (Phi) is 12.1. The molecule has 0 saturated heterocycles. The van der Waals surface area contributed by atoms with Gasteiger partial charge in [-0.15, -0.1) is 13.2 Å². The highest BCUT2D eigenvalue weighted by Crippen LogP contribution is 1.48. The molecule has 0 atom stereocenters. The third kappa shape index (κ3) is 38.0. The predicted molar refractivity (Wildman–Crippen MR) is 26.0 cm³/mol. The van der Waals surface area contributed by atoms with Crippen LogP contribution in [-0.2, 0) is 4.79 Å². The maximum Gasteiger partial charge on any atom is 0.329 e. The molecule has 0 heterocycles. The number of rotatable bonds is 1. The van der Waals surface area contributed by atoms with Crippen LogP contribution in [0, 0.1) is 0 Å². The quantitative estimate of drug-likeness (QED) is 0.455. The summed E-state index contributed by atoms with van der Waals surface area (Å²) in [5, 5.41) is 15.0. The molecule has 7 heavy (non-hydrogen) atoms. The average Bonchev–Trinajstić information content (AvgIpc) is 1.73. The average molecular weight is 104 g/mol. The second-order valence-electron chi connectivity index (χ2n) is 0.552. The van der Waals surface area contributed by atoms with Crippen molar-refractivity contribution in [1.82, 2.24) is 0 Å². The monoisotopic (exact) mass is 104 g/mol. The summed E-state index contributed by atoms with van der Waals surface area (Å²) in [6.45, 7) is 5.22. The number of carbonyl (C=O) groups is 1. The van der Waals surface area contributed by atoms with E-state index in [9.17, 15) is 0 Å². The van der Waals surface area contributed by atoms with Crippen molar-refractivity contribution in [1.29, 1.82) is 0 Å². The molecule has 0 radical (unpaired) electrons. The second kappa shape index (κ2) is 8.95. The molecule has 3 nitrogen and oxygen atoms in total. The molecule has 0 spiro atoms. The lowest BCUT2D eigenvalue weighted by Crippen LogP contribution is -1.98. The van der Waals surface area contributed by atoms with Crippen molar-refractivity contribution in [2.75, 3.05) is 6.61 Å². The van der Waals surface area contributed by atoms with E-state index in [2.05, 4.69) is 13.2 Å². The molecular formula is C4H8O3. The molecule has 0 fully saturated rings. The lowest BCUT2D eigenvalue weighted by Gasteiger charge is -1.72. The molecule has 0 aromatic heterocycles. The van der Waals surface area contributed by atoms with Crippen molar-refractivity contribution in [2.24, 2.45) is 0 Å². The molecule has 42 valence electrons. The smallest absolute Gasteiger partial charge is 0.329 e. The van der Waals surface area contributed by atoms with E-state index in [0.717, 1.165) is 0 Å². The normalized spacial score (nSPS) is 5.86. The van der Waals surface area contributed by atoms with E-state index in [0.29, 0.717) is 0 Å². The first kappa shape index (κ1) is 9.48. The van der Waals surface area contributed by atoms with Crippen molar-refractivity contribution in [3.8, 4) is 0 Å². The lowest BCUT2D eigenvalue weighted by molar-refractivity contribution is -0.140. The second-order valence-corrected chi connectivity index (χ2v) is 0.552. The lowest BCUT2D eigenvalue weighted by atomic mass is 10.8. The predicted octanol–water partition coefficient (Wildman–Crippen LogP) is -0.135. The number of hydrogen-bond donors (Lipinski definition) is 2. The van der Waals surface area contributed by atoms with Gasteiger partial charge in [-0.05, 0) is 0 Å². The van der Waals surface area contributed by atoms with Crippen LogP contribution in [0.1, 0.15) is 0 Å². The van der Waals surface area contributed by atoms with Crippen LogP contribution in [-0.4, -0.2) is 22.8 Å². The number of carboxylic acids is 1. The number of aliphatic carboxylic acids is 1. The van der Waals surface area contributed by atoms with Crippen LogP contribution >= 0.6 is 0 Å². The standard InChI is InChI=1S/C2H4O3.C2H4/c3-1-2(4)5;1-2/h3H,1H2,(H,4,5);1-2H2. The largest absolute Gasteiger partial charge is 0.480 e. The highest BCUT2D eigenvalue weighted by atomic mass is 16.4. The third-order valence-electron chi connectivity index (χ3n) is 0.135. The molecule has 0 aromatic carbocycles. The Labute approximate surface area is 41.9 Å². The SMILES string of the molecule is C=C.O=C(O)CO. The Morgan fingerprint density at radius 3 is 1.71 bits per heavy atom.